The van der Waals surface area contributed by atoms with Crippen molar-refractivity contribution in [3.05, 3.63) is 22.2 Å². The van der Waals surface area contributed by atoms with Crippen LogP contribution in [0.5, 0.6) is 0 Å². The molecule has 0 saturated carbocycles. The van der Waals surface area contributed by atoms with Gasteiger partial charge in [-0.2, -0.15) is 4.31 Å². The van der Waals surface area contributed by atoms with Crippen molar-refractivity contribution in [1.82, 2.24) is 4.31 Å². The number of nitrogens with zero attached hydrogens (tertiary/aromatic N) is 1. The Bertz CT molecular complexity index is 663. The fraction of sp³-hybridized carbons (Fsp3) is 0.647. The van der Waals surface area contributed by atoms with Crippen molar-refractivity contribution in [1.29, 1.82) is 0 Å². The third-order valence-electron chi connectivity index (χ3n) is 3.87. The molecule has 0 heterocycles. The van der Waals surface area contributed by atoms with Crippen molar-refractivity contribution in [2.75, 3.05) is 30.8 Å². The van der Waals surface area contributed by atoms with Crippen LogP contribution in [-0.2, 0) is 10.0 Å². The Morgan fingerprint density at radius 3 is 2.19 bits per heavy atom. The van der Waals surface area contributed by atoms with Crippen molar-refractivity contribution in [3.8, 4) is 0 Å². The van der Waals surface area contributed by atoms with Gasteiger partial charge in [-0.3, -0.25) is 0 Å². The van der Waals surface area contributed by atoms with Gasteiger partial charge in [-0.05, 0) is 25.0 Å². The molecule has 0 spiro atoms. The highest BCUT2D eigenvalue weighted by Crippen LogP contribution is 2.33. The Morgan fingerprint density at radius 2 is 1.69 bits per heavy atom. The molecule has 1 atom stereocenters. The Balaban J connectivity index is 3.12. The van der Waals surface area contributed by atoms with Gasteiger partial charge in [-0.25, -0.2) is 8.42 Å². The number of halogens is 3. The summed E-state index contributed by atoms with van der Waals surface area (Å²) in [6.45, 7) is 5.13. The van der Waals surface area contributed by atoms with Crippen molar-refractivity contribution >= 4 is 50.5 Å². The number of anilines is 1. The van der Waals surface area contributed by atoms with Crippen LogP contribution in [0.25, 0.3) is 0 Å². The number of nitrogens with one attached hydrogen (secondary N) is 1. The number of benzene rings is 1. The summed E-state index contributed by atoms with van der Waals surface area (Å²) < 4.78 is 27.6. The molecular formula is C17H27Cl3N2O3S. The zero-order valence-electron chi connectivity index (χ0n) is 15.1. The number of rotatable bonds is 12. The van der Waals surface area contributed by atoms with E-state index < -0.39 is 16.1 Å². The van der Waals surface area contributed by atoms with Crippen molar-refractivity contribution in [2.24, 2.45) is 0 Å². The molecule has 0 saturated heterocycles. The van der Waals surface area contributed by atoms with Crippen LogP contribution in [0.3, 0.4) is 0 Å². The smallest absolute Gasteiger partial charge is 0.244 e. The second kappa shape index (κ2) is 11.6. The molecule has 9 heteroatoms. The summed E-state index contributed by atoms with van der Waals surface area (Å²) in [5.74, 6) is 0.0780. The summed E-state index contributed by atoms with van der Waals surface area (Å²) in [4.78, 5) is -0.000172. The lowest BCUT2D eigenvalue weighted by Crippen LogP contribution is -2.33. The average molecular weight is 446 g/mol. The van der Waals surface area contributed by atoms with Crippen LogP contribution in [0.4, 0.5) is 5.69 Å². The van der Waals surface area contributed by atoms with Gasteiger partial charge >= 0.3 is 0 Å². The van der Waals surface area contributed by atoms with E-state index in [1.165, 1.54) is 16.4 Å². The maximum absolute atomic E-state index is 13.0. The van der Waals surface area contributed by atoms with E-state index in [-0.39, 0.29) is 27.4 Å². The lowest BCUT2D eigenvalue weighted by molar-refractivity contribution is 0.211. The summed E-state index contributed by atoms with van der Waals surface area (Å²) in [6.07, 6.45) is 2.62. The number of alkyl halides is 1. The SMILES string of the molecule is CCCCN(CCCC)S(=O)(=O)c1cc(Cl)c(NCC(O)CCl)cc1Cl. The molecule has 0 aromatic heterocycles. The predicted molar refractivity (Wildman–Crippen MR) is 110 cm³/mol. The van der Waals surface area contributed by atoms with E-state index in [9.17, 15) is 13.5 Å². The molecule has 0 aliphatic carbocycles. The highest BCUT2D eigenvalue weighted by Gasteiger charge is 2.27. The topological polar surface area (TPSA) is 69.6 Å². The number of hydrogen-bond acceptors (Lipinski definition) is 4. The van der Waals surface area contributed by atoms with Gasteiger partial charge in [0.1, 0.15) is 4.90 Å². The van der Waals surface area contributed by atoms with Gasteiger partial charge in [0.05, 0.1) is 27.7 Å². The quantitative estimate of drug-likeness (QED) is 0.461. The van der Waals surface area contributed by atoms with Gasteiger partial charge in [-0.1, -0.05) is 49.9 Å². The lowest BCUT2D eigenvalue weighted by Gasteiger charge is -2.23. The first kappa shape index (κ1) is 23.8. The normalized spacial score (nSPS) is 13.2. The summed E-state index contributed by atoms with van der Waals surface area (Å²) in [7, 11) is -3.73. The van der Waals surface area contributed by atoms with Gasteiger partial charge in [0.15, 0.2) is 0 Å². The molecule has 1 aromatic rings. The molecule has 1 aromatic carbocycles. The number of aliphatic hydroxyl groups is 1. The fourth-order valence-electron chi connectivity index (χ4n) is 2.30. The largest absolute Gasteiger partial charge is 0.390 e. The highest BCUT2D eigenvalue weighted by molar-refractivity contribution is 7.89. The third-order valence-corrected chi connectivity index (χ3v) is 6.90. The van der Waals surface area contributed by atoms with Crippen molar-refractivity contribution < 1.29 is 13.5 Å². The zero-order chi connectivity index (χ0) is 19.7. The van der Waals surface area contributed by atoms with Crippen molar-refractivity contribution in [2.45, 2.75) is 50.5 Å². The van der Waals surface area contributed by atoms with Crippen molar-refractivity contribution in [3.63, 3.8) is 0 Å². The lowest BCUT2D eigenvalue weighted by atomic mass is 10.3. The van der Waals surface area contributed by atoms with Gasteiger partial charge in [0.25, 0.3) is 0 Å². The van der Waals surface area contributed by atoms with Crippen LogP contribution in [0.1, 0.15) is 39.5 Å². The minimum absolute atomic E-state index is 0.000172. The number of unbranched alkanes of at least 4 members (excludes halogenated alkanes) is 2. The zero-order valence-corrected chi connectivity index (χ0v) is 18.2. The Hall–Kier alpha value is -0.240. The third kappa shape index (κ3) is 6.73. The Morgan fingerprint density at radius 1 is 1.12 bits per heavy atom. The van der Waals surface area contributed by atoms with E-state index >= 15 is 0 Å². The van der Waals surface area contributed by atoms with Crippen LogP contribution < -0.4 is 5.32 Å². The van der Waals surface area contributed by atoms with Gasteiger partial charge in [-0.15, -0.1) is 11.6 Å². The van der Waals surface area contributed by atoms with E-state index in [1.807, 2.05) is 13.8 Å². The molecule has 0 aliphatic heterocycles. The number of aliphatic hydroxyl groups excluding tert-OH is 1. The van der Waals surface area contributed by atoms with Crippen LogP contribution >= 0.6 is 34.8 Å². The van der Waals surface area contributed by atoms with Gasteiger partial charge < -0.3 is 10.4 Å². The van der Waals surface area contributed by atoms with E-state index in [0.717, 1.165) is 25.7 Å². The summed E-state index contributed by atoms with van der Waals surface area (Å²) in [5.41, 5.74) is 0.452. The average Bonchev–Trinajstić information content (AvgIpc) is 2.61. The van der Waals surface area contributed by atoms with E-state index in [2.05, 4.69) is 5.32 Å². The molecular weight excluding hydrogens is 419 g/mol. The number of sulfonamides is 1. The predicted octanol–water partition coefficient (Wildman–Crippen LogP) is 4.60. The van der Waals surface area contributed by atoms with Gasteiger partial charge in [0, 0.05) is 19.6 Å². The van der Waals surface area contributed by atoms with Crippen LogP contribution in [0.2, 0.25) is 10.0 Å². The first-order valence-electron chi connectivity index (χ1n) is 8.74. The standard InChI is InChI=1S/C17H27Cl3N2O3S/c1-3-5-7-22(8-6-4-2)26(24,25)17-10-14(19)16(9-15(17)20)21-12-13(23)11-18/h9-10,13,21,23H,3-8,11-12H2,1-2H3. The number of hydrogen-bond donors (Lipinski definition) is 2. The first-order valence-corrected chi connectivity index (χ1v) is 11.5. The molecule has 1 rings (SSSR count). The molecule has 2 N–H and O–H groups in total. The van der Waals surface area contributed by atoms with E-state index in [0.29, 0.717) is 18.8 Å². The summed E-state index contributed by atoms with van der Waals surface area (Å²) in [6, 6.07) is 2.83. The fourth-order valence-corrected chi connectivity index (χ4v) is 4.75. The highest BCUT2D eigenvalue weighted by atomic mass is 35.5. The molecule has 0 bridgehead atoms. The second-order valence-electron chi connectivity index (χ2n) is 6.06. The van der Waals surface area contributed by atoms with Crippen LogP contribution in [0, 0.1) is 0 Å². The molecule has 150 valence electrons. The molecule has 0 fully saturated rings. The van der Waals surface area contributed by atoms with Crippen LogP contribution in [-0.4, -0.2) is 49.4 Å². The Kier molecular flexibility index (Phi) is 10.6. The molecule has 5 nitrogen and oxygen atoms in total. The minimum atomic E-state index is -3.73. The summed E-state index contributed by atoms with van der Waals surface area (Å²) in [5, 5.41) is 12.8. The maximum Gasteiger partial charge on any atom is 0.244 e. The van der Waals surface area contributed by atoms with Gasteiger partial charge in [0.2, 0.25) is 10.0 Å². The molecule has 0 radical (unpaired) electrons. The van der Waals surface area contributed by atoms with Crippen LogP contribution in [0.15, 0.2) is 17.0 Å². The van der Waals surface area contributed by atoms with E-state index in [1.54, 1.807) is 0 Å². The minimum Gasteiger partial charge on any atom is -0.390 e. The summed E-state index contributed by atoms with van der Waals surface area (Å²) >= 11 is 18.0. The molecule has 26 heavy (non-hydrogen) atoms. The monoisotopic (exact) mass is 444 g/mol. The molecule has 0 amide bonds. The second-order valence-corrected chi connectivity index (χ2v) is 9.09. The molecule has 0 aliphatic rings. The maximum atomic E-state index is 13.0. The Labute approximate surface area is 171 Å². The first-order chi connectivity index (χ1) is 12.3. The van der Waals surface area contributed by atoms with E-state index in [4.69, 9.17) is 34.8 Å². The molecule has 1 unspecified atom stereocenters.